The Kier molecular flexibility index (Phi) is 7.95. The molecule has 0 spiro atoms. The first-order valence-corrected chi connectivity index (χ1v) is 10.3. The summed E-state index contributed by atoms with van der Waals surface area (Å²) in [5, 5.41) is 12.5. The lowest BCUT2D eigenvalue weighted by Crippen LogP contribution is -2.30. The summed E-state index contributed by atoms with van der Waals surface area (Å²) >= 11 is 0. The Bertz CT molecular complexity index is 1270. The number of aromatic amines is 1. The van der Waals surface area contributed by atoms with E-state index in [-0.39, 0.29) is 11.3 Å². The molecule has 0 unspecified atom stereocenters. The van der Waals surface area contributed by atoms with Crippen molar-refractivity contribution in [3.63, 3.8) is 0 Å². The van der Waals surface area contributed by atoms with Crippen LogP contribution in [0.2, 0.25) is 0 Å². The van der Waals surface area contributed by atoms with Crippen molar-refractivity contribution in [1.29, 1.82) is 0 Å². The van der Waals surface area contributed by atoms with Crippen LogP contribution in [0.15, 0.2) is 60.9 Å². The maximum absolute atomic E-state index is 13.1. The second-order valence-corrected chi connectivity index (χ2v) is 7.40. The number of rotatable bonds is 6. The third kappa shape index (κ3) is 6.85. The van der Waals surface area contributed by atoms with Gasteiger partial charge in [0, 0.05) is 28.9 Å². The van der Waals surface area contributed by atoms with Gasteiger partial charge in [-0.05, 0) is 43.7 Å². The first-order valence-electron chi connectivity index (χ1n) is 10.3. The van der Waals surface area contributed by atoms with Gasteiger partial charge in [0.25, 0.3) is 0 Å². The number of carboxylic acids is 1. The number of carbonyl (C=O) groups is 1. The Morgan fingerprint density at radius 2 is 1.91 bits per heavy atom. The van der Waals surface area contributed by atoms with E-state index in [9.17, 15) is 22.4 Å². The van der Waals surface area contributed by atoms with Crippen molar-refractivity contribution in [3.05, 3.63) is 83.7 Å². The number of halogens is 4. The number of hydrogen-bond acceptors (Lipinski definition) is 4. The molecule has 34 heavy (non-hydrogen) atoms. The highest BCUT2D eigenvalue weighted by molar-refractivity contribution is 5.94. The van der Waals surface area contributed by atoms with Crippen LogP contribution in [0.3, 0.4) is 0 Å². The molecule has 0 radical (unpaired) electrons. The molecule has 4 rings (SSSR count). The zero-order chi connectivity index (χ0) is 24.7. The smallest absolute Gasteiger partial charge is 0.401 e. The highest BCUT2D eigenvalue weighted by Gasteiger charge is 2.25. The number of aromatic carboxylic acids is 1. The highest BCUT2D eigenvalue weighted by atomic mass is 19.4. The molecule has 6 nitrogen and oxygen atoms in total. The fraction of sp³-hybridized carbons (Fsp3) is 0.208. The SMILES string of the molecule is Cc1ncc(C(=O)O)c(-c2cccc(F)c2)n1.FC(F)(F)CNCCc1c[nH]c2ccccc12. The van der Waals surface area contributed by atoms with Crippen LogP contribution in [-0.2, 0) is 6.42 Å². The number of benzene rings is 2. The molecule has 0 atom stereocenters. The number of nitrogens with one attached hydrogen (secondary N) is 2. The fourth-order valence-corrected chi connectivity index (χ4v) is 3.27. The number of aromatic nitrogens is 3. The molecule has 0 bridgehead atoms. The third-order valence-electron chi connectivity index (χ3n) is 4.81. The van der Waals surface area contributed by atoms with Crippen LogP contribution in [0.25, 0.3) is 22.2 Å². The van der Waals surface area contributed by atoms with Crippen molar-refractivity contribution in [2.24, 2.45) is 0 Å². The van der Waals surface area contributed by atoms with Crippen LogP contribution in [0.1, 0.15) is 21.7 Å². The van der Waals surface area contributed by atoms with Crippen LogP contribution < -0.4 is 5.32 Å². The molecule has 2 heterocycles. The van der Waals surface area contributed by atoms with E-state index in [0.717, 1.165) is 16.5 Å². The summed E-state index contributed by atoms with van der Waals surface area (Å²) in [6.45, 7) is 1.03. The summed E-state index contributed by atoms with van der Waals surface area (Å²) < 4.78 is 48.8. The van der Waals surface area contributed by atoms with E-state index in [2.05, 4.69) is 20.3 Å². The maximum Gasteiger partial charge on any atom is 0.401 e. The van der Waals surface area contributed by atoms with E-state index < -0.39 is 24.5 Å². The van der Waals surface area contributed by atoms with Gasteiger partial charge in [-0.1, -0.05) is 30.3 Å². The van der Waals surface area contributed by atoms with Gasteiger partial charge in [-0.25, -0.2) is 19.2 Å². The number of carboxylic acid groups (broad SMARTS) is 1. The van der Waals surface area contributed by atoms with Crippen molar-refractivity contribution < 1.29 is 27.5 Å². The molecule has 3 N–H and O–H groups in total. The number of fused-ring (bicyclic) bond motifs is 1. The molecule has 0 fully saturated rings. The van der Waals surface area contributed by atoms with E-state index in [4.69, 9.17) is 5.11 Å². The molecule has 10 heteroatoms. The number of para-hydroxylation sites is 1. The molecule has 4 aromatic rings. The average molecular weight is 474 g/mol. The van der Waals surface area contributed by atoms with Gasteiger partial charge in [-0.15, -0.1) is 0 Å². The largest absolute Gasteiger partial charge is 0.478 e. The summed E-state index contributed by atoms with van der Waals surface area (Å²) in [6, 6.07) is 13.4. The van der Waals surface area contributed by atoms with Crippen LogP contribution in [0.5, 0.6) is 0 Å². The van der Waals surface area contributed by atoms with E-state index >= 15 is 0 Å². The summed E-state index contributed by atoms with van der Waals surface area (Å²) in [7, 11) is 0. The lowest BCUT2D eigenvalue weighted by Gasteiger charge is -2.07. The van der Waals surface area contributed by atoms with Gasteiger partial charge in [-0.3, -0.25) is 0 Å². The van der Waals surface area contributed by atoms with Crippen LogP contribution in [-0.4, -0.2) is 45.3 Å². The van der Waals surface area contributed by atoms with E-state index in [0.29, 0.717) is 24.4 Å². The molecule has 0 saturated carbocycles. The van der Waals surface area contributed by atoms with Crippen molar-refractivity contribution in [3.8, 4) is 11.3 Å². The van der Waals surface area contributed by atoms with Gasteiger partial charge < -0.3 is 15.4 Å². The topological polar surface area (TPSA) is 90.9 Å². The van der Waals surface area contributed by atoms with Crippen LogP contribution >= 0.6 is 0 Å². The summed E-state index contributed by atoms with van der Waals surface area (Å²) in [4.78, 5) is 22.0. The molecule has 0 amide bonds. The predicted molar refractivity (Wildman–Crippen MR) is 120 cm³/mol. The first kappa shape index (κ1) is 24.8. The molecular formula is C24H22F4N4O2. The van der Waals surface area contributed by atoms with Gasteiger partial charge in [-0.2, -0.15) is 13.2 Å². The lowest BCUT2D eigenvalue weighted by atomic mass is 10.1. The highest BCUT2D eigenvalue weighted by Crippen LogP contribution is 2.22. The third-order valence-corrected chi connectivity index (χ3v) is 4.81. The molecule has 0 aliphatic rings. The summed E-state index contributed by atoms with van der Waals surface area (Å²) in [5.74, 6) is -1.13. The van der Waals surface area contributed by atoms with Crippen molar-refractivity contribution in [2.45, 2.75) is 19.5 Å². The quantitative estimate of drug-likeness (QED) is 0.266. The second-order valence-electron chi connectivity index (χ2n) is 7.40. The Balaban J connectivity index is 0.000000191. The Labute approximate surface area is 192 Å². The monoisotopic (exact) mass is 474 g/mol. The summed E-state index contributed by atoms with van der Waals surface area (Å²) in [6.07, 6.45) is -0.481. The van der Waals surface area contributed by atoms with Gasteiger partial charge >= 0.3 is 12.1 Å². The normalized spacial score (nSPS) is 11.2. The van der Waals surface area contributed by atoms with Gasteiger partial charge in [0.2, 0.25) is 0 Å². The van der Waals surface area contributed by atoms with Gasteiger partial charge in [0.1, 0.15) is 17.2 Å². The Morgan fingerprint density at radius 3 is 2.62 bits per heavy atom. The van der Waals surface area contributed by atoms with Crippen molar-refractivity contribution >= 4 is 16.9 Å². The van der Waals surface area contributed by atoms with Crippen molar-refractivity contribution in [1.82, 2.24) is 20.3 Å². The summed E-state index contributed by atoms with van der Waals surface area (Å²) in [5.41, 5.74) is 2.66. The average Bonchev–Trinajstić information content (AvgIpc) is 3.19. The minimum absolute atomic E-state index is 0.0406. The number of aryl methyl sites for hydroxylation is 1. The molecule has 0 aliphatic heterocycles. The number of H-pyrrole nitrogens is 1. The van der Waals surface area contributed by atoms with Crippen molar-refractivity contribution in [2.75, 3.05) is 13.1 Å². The zero-order valence-corrected chi connectivity index (χ0v) is 18.2. The van der Waals surface area contributed by atoms with E-state index in [1.54, 1.807) is 13.0 Å². The molecular weight excluding hydrogens is 452 g/mol. The number of hydrogen-bond donors (Lipinski definition) is 3. The number of nitrogens with zero attached hydrogens (tertiary/aromatic N) is 2. The first-order chi connectivity index (χ1) is 16.1. The van der Waals surface area contributed by atoms with Gasteiger partial charge in [0.15, 0.2) is 0 Å². The Hall–Kier alpha value is -3.79. The van der Waals surface area contributed by atoms with E-state index in [1.807, 2.05) is 30.5 Å². The number of alkyl halides is 3. The van der Waals surface area contributed by atoms with Crippen LogP contribution in [0.4, 0.5) is 17.6 Å². The molecule has 0 saturated heterocycles. The minimum atomic E-state index is -4.14. The molecule has 178 valence electrons. The predicted octanol–water partition coefficient (Wildman–Crippen LogP) is 5.15. The lowest BCUT2D eigenvalue weighted by molar-refractivity contribution is -0.124. The molecule has 2 aromatic carbocycles. The Morgan fingerprint density at radius 1 is 1.15 bits per heavy atom. The second kappa shape index (κ2) is 10.9. The maximum atomic E-state index is 13.1. The van der Waals surface area contributed by atoms with E-state index in [1.165, 1.54) is 24.4 Å². The van der Waals surface area contributed by atoms with Gasteiger partial charge in [0.05, 0.1) is 12.2 Å². The fourth-order valence-electron chi connectivity index (χ4n) is 3.27. The zero-order valence-electron chi connectivity index (χ0n) is 18.2. The molecule has 2 aromatic heterocycles. The van der Waals surface area contributed by atoms with Crippen LogP contribution in [0, 0.1) is 12.7 Å². The standard InChI is InChI=1S/C12H13F3N2.C12H9FN2O2/c13-12(14,15)8-16-6-5-9-7-17-11-4-2-1-3-10(9)11;1-7-14-6-10(12(16)17)11(15-7)8-3-2-4-9(13)5-8/h1-4,7,16-17H,5-6,8H2;2-6H,1H3,(H,16,17). The minimum Gasteiger partial charge on any atom is -0.478 e. The molecule has 0 aliphatic carbocycles.